The highest BCUT2D eigenvalue weighted by atomic mass is 35.5. The average molecular weight is 1450 g/mol. The molecule has 3 fully saturated rings. The van der Waals surface area contributed by atoms with Gasteiger partial charge in [-0.15, -0.1) is 22.7 Å². The van der Waals surface area contributed by atoms with Crippen molar-refractivity contribution in [1.82, 2.24) is 29.5 Å². The third kappa shape index (κ3) is 14.1. The van der Waals surface area contributed by atoms with E-state index in [1.54, 1.807) is 24.0 Å². The van der Waals surface area contributed by atoms with Crippen LogP contribution >= 0.6 is 34.3 Å². The number of carbonyl (C=O) groups excluding carboxylic acids is 3. The number of fused-ring (bicyclic) bond motifs is 6. The molecular formula is C73H69ClF9N9O7S2. The van der Waals surface area contributed by atoms with Gasteiger partial charge in [-0.1, -0.05) is 60.1 Å². The fourth-order valence-electron chi connectivity index (χ4n) is 14.2. The zero-order valence-corrected chi connectivity index (χ0v) is 57.1. The standard InChI is InChI=1S/C25H22ClF3N2O3.C25H24F3N3O2S.C23H23F3N4O2S/c26-19-3-2-16(25(27,28)29)12-17(19)20-5-6-22(34-20)23(32)31-9-7-24(8-10-31)14-33-21-4-1-15(13-30)11-18(21)24;1-15-21(34-22(30-15)17-3-5-18(6-4-17)25(26,27)28)23(32)31-10-8-24(9-11-31)14-33-20-7-2-16(13-29)12-19(20)24;1-29-16(11-20(28-29)23(24,25)26)18-4-5-19(33-18)21(31)30-8-6-22(7-9-30)13-32-17-3-2-14(12-27)10-15(17)22/h1-6,11-12H,7-10,13-14,30H2;2-7,12H,8-11,13-14,29H2,1H3;2-5,10-11H,6-9,12-13,27H2,1H3. The minimum absolute atomic E-state index is 0.0629. The highest BCUT2D eigenvalue weighted by Crippen LogP contribution is 2.50. The van der Waals surface area contributed by atoms with E-state index in [-0.39, 0.29) is 56.1 Å². The van der Waals surface area contributed by atoms with Gasteiger partial charge in [-0.25, -0.2) is 4.98 Å². The van der Waals surface area contributed by atoms with Crippen LogP contribution in [0, 0.1) is 6.92 Å². The maximum atomic E-state index is 13.3. The molecule has 6 aliphatic rings. The second kappa shape index (κ2) is 27.6. The molecule has 530 valence electrons. The quantitative estimate of drug-likeness (QED) is 0.115. The molecule has 3 saturated heterocycles. The van der Waals surface area contributed by atoms with E-state index in [2.05, 4.69) is 28.3 Å². The number of rotatable bonds is 9. The Balaban J connectivity index is 0.000000135. The van der Waals surface area contributed by atoms with Crippen LogP contribution in [0.5, 0.6) is 17.2 Å². The third-order valence-electron chi connectivity index (χ3n) is 20.2. The summed E-state index contributed by atoms with van der Waals surface area (Å²) in [7, 11) is 1.47. The number of ether oxygens (including phenoxy) is 3. The molecule has 3 amide bonds. The van der Waals surface area contributed by atoms with E-state index in [9.17, 15) is 53.9 Å². The molecule has 5 aromatic carbocycles. The lowest BCUT2D eigenvalue weighted by atomic mass is 9.74. The summed E-state index contributed by atoms with van der Waals surface area (Å²) < 4.78 is 141. The Morgan fingerprint density at radius 3 is 1.46 bits per heavy atom. The largest absolute Gasteiger partial charge is 0.492 e. The summed E-state index contributed by atoms with van der Waals surface area (Å²) in [4.78, 5) is 50.9. The first-order valence-electron chi connectivity index (χ1n) is 32.7. The SMILES string of the molecule is Cc1nc(-c2ccc(C(F)(F)F)cc2)sc1C(=O)N1CCC2(CC1)COc1ccc(CN)cc12.Cn1nc(C(F)(F)F)cc1-c1ccc(C(=O)N2CCC3(CC2)COc2ccc(CN)cc23)s1.NCc1ccc2c(c1)C1(CCN(C(=O)c3ccc(-c4cc(C(F)(F)F)ccc4Cl)o3)CC1)CO2. The number of likely N-dealkylation sites (tertiary alicyclic amines) is 3. The number of benzene rings is 5. The van der Waals surface area contributed by atoms with E-state index >= 15 is 0 Å². The Labute approximate surface area is 587 Å². The van der Waals surface area contributed by atoms with Gasteiger partial charge in [0.25, 0.3) is 17.7 Å². The first-order chi connectivity index (χ1) is 48.1. The third-order valence-corrected chi connectivity index (χ3v) is 22.8. The van der Waals surface area contributed by atoms with Crippen LogP contribution in [-0.2, 0) is 61.5 Å². The molecule has 3 spiro atoms. The Hall–Kier alpha value is -8.73. The van der Waals surface area contributed by atoms with Crippen LogP contribution in [0.2, 0.25) is 5.02 Å². The summed E-state index contributed by atoms with van der Waals surface area (Å²) in [5.74, 6) is 2.34. The lowest BCUT2D eigenvalue weighted by Crippen LogP contribution is -2.46. The van der Waals surface area contributed by atoms with Gasteiger partial charge in [0, 0.05) is 110 Å². The molecule has 28 heteroatoms. The summed E-state index contributed by atoms with van der Waals surface area (Å²) in [5.41, 5.74) is 22.8. The topological polar surface area (TPSA) is 211 Å². The number of aromatic nitrogens is 3. The molecule has 0 saturated carbocycles. The predicted molar refractivity (Wildman–Crippen MR) is 363 cm³/mol. The van der Waals surface area contributed by atoms with Crippen molar-refractivity contribution in [2.24, 2.45) is 24.2 Å². The summed E-state index contributed by atoms with van der Waals surface area (Å²) in [6.45, 7) is 8.32. The van der Waals surface area contributed by atoms with Crippen LogP contribution in [0.1, 0.15) is 124 Å². The number of piperidine rings is 3. The van der Waals surface area contributed by atoms with Gasteiger partial charge in [-0.2, -0.15) is 44.6 Å². The molecule has 6 aliphatic heterocycles. The van der Waals surface area contributed by atoms with Crippen molar-refractivity contribution in [2.75, 3.05) is 59.1 Å². The van der Waals surface area contributed by atoms with Crippen molar-refractivity contribution in [1.29, 1.82) is 0 Å². The summed E-state index contributed by atoms with van der Waals surface area (Å²) in [6.07, 6.45) is -8.79. The molecule has 6 N–H and O–H groups in total. The molecule has 0 aliphatic carbocycles. The molecule has 4 aromatic heterocycles. The molecule has 9 aromatic rings. The minimum atomic E-state index is -4.51. The van der Waals surface area contributed by atoms with Gasteiger partial charge in [-0.05, 0) is 141 Å². The zero-order valence-electron chi connectivity index (χ0n) is 54.7. The number of aryl methyl sites for hydroxylation is 2. The molecule has 101 heavy (non-hydrogen) atoms. The molecule has 0 radical (unpaired) electrons. The summed E-state index contributed by atoms with van der Waals surface area (Å²) >= 11 is 8.52. The number of amides is 3. The van der Waals surface area contributed by atoms with E-state index in [1.807, 2.05) is 46.2 Å². The fourth-order valence-corrected chi connectivity index (χ4v) is 16.4. The minimum Gasteiger partial charge on any atom is -0.492 e. The lowest BCUT2D eigenvalue weighted by Gasteiger charge is -2.38. The van der Waals surface area contributed by atoms with Gasteiger partial charge in [0.1, 0.15) is 32.9 Å². The van der Waals surface area contributed by atoms with Crippen LogP contribution in [-0.4, -0.2) is 106 Å². The molecule has 0 atom stereocenters. The van der Waals surface area contributed by atoms with E-state index in [1.165, 1.54) is 75.9 Å². The van der Waals surface area contributed by atoms with Crippen molar-refractivity contribution < 1.29 is 72.5 Å². The maximum absolute atomic E-state index is 13.3. The first kappa shape index (κ1) is 70.7. The number of nitrogens with two attached hydrogens (primary N) is 3. The molecule has 0 bridgehead atoms. The number of thiazole rings is 1. The molecule has 10 heterocycles. The Morgan fingerprint density at radius 1 is 0.535 bits per heavy atom. The Bertz CT molecular complexity index is 4600. The summed E-state index contributed by atoms with van der Waals surface area (Å²) in [6, 6.07) is 33.3. The van der Waals surface area contributed by atoms with Crippen molar-refractivity contribution in [3.05, 3.63) is 204 Å². The van der Waals surface area contributed by atoms with Crippen molar-refractivity contribution >= 4 is 52.0 Å². The van der Waals surface area contributed by atoms with E-state index in [4.69, 9.17) is 47.4 Å². The average Bonchev–Trinajstić information content (AvgIpc) is 1.64. The second-order valence-corrected chi connectivity index (χ2v) is 28.7. The van der Waals surface area contributed by atoms with E-state index in [0.717, 1.165) is 108 Å². The van der Waals surface area contributed by atoms with Crippen LogP contribution in [0.3, 0.4) is 0 Å². The van der Waals surface area contributed by atoms with Crippen LogP contribution in [0.25, 0.3) is 32.5 Å². The second-order valence-electron chi connectivity index (χ2n) is 26.3. The van der Waals surface area contributed by atoms with Crippen LogP contribution in [0.4, 0.5) is 39.5 Å². The first-order valence-corrected chi connectivity index (χ1v) is 34.7. The van der Waals surface area contributed by atoms with Crippen LogP contribution in [0.15, 0.2) is 132 Å². The number of hydrogen-bond donors (Lipinski definition) is 3. The monoisotopic (exact) mass is 1450 g/mol. The van der Waals surface area contributed by atoms with Crippen molar-refractivity contribution in [3.8, 4) is 49.7 Å². The molecule has 16 nitrogen and oxygen atoms in total. The Kier molecular flexibility index (Phi) is 19.3. The lowest BCUT2D eigenvalue weighted by molar-refractivity contribution is -0.141. The highest BCUT2D eigenvalue weighted by Gasteiger charge is 2.48. The van der Waals surface area contributed by atoms with Crippen molar-refractivity contribution in [2.45, 2.75) is 99.9 Å². The molecule has 0 unspecified atom stereocenters. The number of nitrogens with zero attached hydrogens (tertiary/aromatic N) is 6. The van der Waals surface area contributed by atoms with Gasteiger partial charge in [0.2, 0.25) is 0 Å². The van der Waals surface area contributed by atoms with Gasteiger partial charge in [0.05, 0.1) is 57.1 Å². The van der Waals surface area contributed by atoms with Gasteiger partial charge < -0.3 is 50.5 Å². The number of halogens is 10. The van der Waals surface area contributed by atoms with Crippen molar-refractivity contribution in [3.63, 3.8) is 0 Å². The normalized spacial score (nSPS) is 17.1. The number of thiophene rings is 1. The number of hydrogen-bond acceptors (Lipinski definition) is 14. The number of furan rings is 1. The molecular weight excluding hydrogens is 1390 g/mol. The summed E-state index contributed by atoms with van der Waals surface area (Å²) in [5, 5.41) is 4.20. The van der Waals surface area contributed by atoms with E-state index < -0.39 is 35.3 Å². The zero-order chi connectivity index (χ0) is 71.6. The predicted octanol–water partition coefficient (Wildman–Crippen LogP) is 15.0. The molecule has 15 rings (SSSR count). The smallest absolute Gasteiger partial charge is 0.435 e. The number of carbonyl (C=O) groups is 3. The number of alkyl halides is 9. The Morgan fingerprint density at radius 2 is 1.00 bits per heavy atom. The van der Waals surface area contributed by atoms with Gasteiger partial charge in [0.15, 0.2) is 11.5 Å². The van der Waals surface area contributed by atoms with Gasteiger partial charge in [-0.3, -0.25) is 19.1 Å². The van der Waals surface area contributed by atoms with Crippen LogP contribution < -0.4 is 31.4 Å². The maximum Gasteiger partial charge on any atom is 0.435 e. The highest BCUT2D eigenvalue weighted by molar-refractivity contribution is 7.17. The van der Waals surface area contributed by atoms with E-state index in [0.29, 0.717) is 115 Å². The van der Waals surface area contributed by atoms with Gasteiger partial charge >= 0.3 is 18.5 Å². The fraction of sp³-hybridized carbons (Fsp3) is 0.356.